The summed E-state index contributed by atoms with van der Waals surface area (Å²) in [7, 11) is 0. The lowest BCUT2D eigenvalue weighted by Gasteiger charge is -2.35. The summed E-state index contributed by atoms with van der Waals surface area (Å²) in [5, 5.41) is 0. The van der Waals surface area contributed by atoms with Gasteiger partial charge in [0.2, 0.25) is 0 Å². The van der Waals surface area contributed by atoms with E-state index in [-0.39, 0.29) is 0 Å². The first-order chi connectivity index (χ1) is 10.8. The highest BCUT2D eigenvalue weighted by molar-refractivity contribution is 5.09. The number of nitrogens with zero attached hydrogens (tertiary/aromatic N) is 3. The second kappa shape index (κ2) is 6.32. The number of H-pyrrole nitrogens is 1. The summed E-state index contributed by atoms with van der Waals surface area (Å²) in [5.41, 5.74) is 2.48. The molecule has 3 heterocycles. The zero-order valence-corrected chi connectivity index (χ0v) is 13.9. The molecule has 3 fully saturated rings. The molecule has 1 aliphatic carbocycles. The molecule has 1 aromatic rings. The summed E-state index contributed by atoms with van der Waals surface area (Å²) >= 11 is 0. The predicted octanol–water partition coefficient (Wildman–Crippen LogP) is 2.66. The van der Waals surface area contributed by atoms with E-state index in [9.17, 15) is 0 Å². The number of hydrogen-bond acceptors (Lipinski definition) is 3. The van der Waals surface area contributed by atoms with E-state index in [1.165, 1.54) is 76.2 Å². The average Bonchev–Trinajstić information content (AvgIpc) is 3.22. The number of rotatable bonds is 4. The SMILES string of the molecule is Cc1[nH]cnc1CN1C[C@@H]2CCC[C@H](CN3CCCC3)[C@@H]2C1. The molecular weight excluding hydrogens is 272 g/mol. The maximum absolute atomic E-state index is 4.49. The van der Waals surface area contributed by atoms with Crippen LogP contribution in [0.3, 0.4) is 0 Å². The number of aryl methyl sites for hydroxylation is 1. The topological polar surface area (TPSA) is 35.2 Å². The molecule has 0 bridgehead atoms. The molecule has 0 aromatic carbocycles. The Bertz CT molecular complexity index is 491. The van der Waals surface area contributed by atoms with Gasteiger partial charge in [-0.1, -0.05) is 6.42 Å². The number of fused-ring (bicyclic) bond motifs is 1. The summed E-state index contributed by atoms with van der Waals surface area (Å²) < 4.78 is 0. The van der Waals surface area contributed by atoms with Crippen LogP contribution in [-0.4, -0.2) is 52.5 Å². The predicted molar refractivity (Wildman–Crippen MR) is 88.6 cm³/mol. The van der Waals surface area contributed by atoms with Crippen LogP contribution in [0.5, 0.6) is 0 Å². The molecule has 2 saturated heterocycles. The molecule has 0 spiro atoms. The molecular formula is C18H30N4. The quantitative estimate of drug-likeness (QED) is 0.929. The van der Waals surface area contributed by atoms with E-state index in [1.54, 1.807) is 0 Å². The lowest BCUT2D eigenvalue weighted by atomic mass is 9.73. The normalized spacial score (nSPS) is 33.4. The standard InChI is InChI=1S/C18H30N4/c1-14-18(20-13-19-14)12-22-10-16-6-4-5-15(17(16)11-22)9-21-7-2-3-8-21/h13,15-17H,2-12H2,1H3,(H,19,20)/t15-,16+,17+/m1/s1. The van der Waals surface area contributed by atoms with Crippen molar-refractivity contribution in [2.45, 2.75) is 45.6 Å². The summed E-state index contributed by atoms with van der Waals surface area (Å²) in [5.74, 6) is 2.83. The third-order valence-corrected chi connectivity index (χ3v) is 6.32. The third-order valence-electron chi connectivity index (χ3n) is 6.32. The molecule has 1 N–H and O–H groups in total. The van der Waals surface area contributed by atoms with Crippen molar-refractivity contribution in [1.82, 2.24) is 19.8 Å². The second-order valence-corrected chi connectivity index (χ2v) is 7.79. The van der Waals surface area contributed by atoms with Crippen molar-refractivity contribution in [3.8, 4) is 0 Å². The largest absolute Gasteiger partial charge is 0.348 e. The smallest absolute Gasteiger partial charge is 0.0925 e. The van der Waals surface area contributed by atoms with Crippen LogP contribution in [-0.2, 0) is 6.54 Å². The van der Waals surface area contributed by atoms with Crippen molar-refractivity contribution < 1.29 is 0 Å². The van der Waals surface area contributed by atoms with E-state index in [4.69, 9.17) is 0 Å². The number of likely N-dealkylation sites (tertiary alicyclic amines) is 2. The zero-order valence-electron chi connectivity index (χ0n) is 13.9. The van der Waals surface area contributed by atoms with Crippen molar-refractivity contribution >= 4 is 0 Å². The summed E-state index contributed by atoms with van der Waals surface area (Å²) in [6.45, 7) is 9.86. The van der Waals surface area contributed by atoms with Gasteiger partial charge in [-0.05, 0) is 63.5 Å². The van der Waals surface area contributed by atoms with Gasteiger partial charge in [-0.15, -0.1) is 0 Å². The molecule has 22 heavy (non-hydrogen) atoms. The van der Waals surface area contributed by atoms with E-state index in [0.29, 0.717) is 0 Å². The molecule has 0 radical (unpaired) electrons. The maximum Gasteiger partial charge on any atom is 0.0925 e. The number of aromatic amines is 1. The number of nitrogens with one attached hydrogen (secondary N) is 1. The van der Waals surface area contributed by atoms with Gasteiger partial charge in [-0.25, -0.2) is 4.98 Å². The molecule has 4 nitrogen and oxygen atoms in total. The van der Waals surface area contributed by atoms with Gasteiger partial charge in [-0.3, -0.25) is 4.90 Å². The highest BCUT2D eigenvalue weighted by Gasteiger charge is 2.40. The molecule has 1 aromatic heterocycles. The second-order valence-electron chi connectivity index (χ2n) is 7.79. The van der Waals surface area contributed by atoms with Crippen LogP contribution in [0.4, 0.5) is 0 Å². The Morgan fingerprint density at radius 1 is 1.14 bits per heavy atom. The van der Waals surface area contributed by atoms with E-state index in [0.717, 1.165) is 24.3 Å². The Hall–Kier alpha value is -0.870. The van der Waals surface area contributed by atoms with E-state index in [1.807, 2.05) is 6.33 Å². The lowest BCUT2D eigenvalue weighted by Crippen LogP contribution is -2.36. The van der Waals surface area contributed by atoms with Crippen molar-refractivity contribution in [2.24, 2.45) is 17.8 Å². The third kappa shape index (κ3) is 2.95. The Morgan fingerprint density at radius 3 is 2.77 bits per heavy atom. The van der Waals surface area contributed by atoms with Gasteiger partial charge < -0.3 is 9.88 Å². The molecule has 0 unspecified atom stereocenters. The first-order valence-corrected chi connectivity index (χ1v) is 9.23. The van der Waals surface area contributed by atoms with Gasteiger partial charge >= 0.3 is 0 Å². The Kier molecular flexibility index (Phi) is 4.23. The first kappa shape index (κ1) is 14.7. The maximum atomic E-state index is 4.49. The Labute approximate surface area is 134 Å². The van der Waals surface area contributed by atoms with Crippen LogP contribution >= 0.6 is 0 Å². The summed E-state index contributed by atoms with van der Waals surface area (Å²) in [6, 6.07) is 0. The van der Waals surface area contributed by atoms with Crippen molar-refractivity contribution in [2.75, 3.05) is 32.7 Å². The minimum absolute atomic E-state index is 0.939. The minimum atomic E-state index is 0.939. The van der Waals surface area contributed by atoms with Gasteiger partial charge in [0.25, 0.3) is 0 Å². The monoisotopic (exact) mass is 302 g/mol. The first-order valence-electron chi connectivity index (χ1n) is 9.23. The fourth-order valence-electron chi connectivity index (χ4n) is 5.10. The summed E-state index contributed by atoms with van der Waals surface area (Å²) in [6.07, 6.45) is 9.06. The fraction of sp³-hybridized carbons (Fsp3) is 0.833. The van der Waals surface area contributed by atoms with Gasteiger partial charge in [0.1, 0.15) is 0 Å². The van der Waals surface area contributed by atoms with Gasteiger partial charge in [0.15, 0.2) is 0 Å². The number of aromatic nitrogens is 2. The molecule has 3 atom stereocenters. The molecule has 0 amide bonds. The molecule has 122 valence electrons. The van der Waals surface area contributed by atoms with Crippen LogP contribution in [0, 0.1) is 24.7 Å². The van der Waals surface area contributed by atoms with Crippen molar-refractivity contribution in [3.05, 3.63) is 17.7 Å². The van der Waals surface area contributed by atoms with E-state index in [2.05, 4.69) is 26.7 Å². The molecule has 2 aliphatic heterocycles. The molecule has 4 heteroatoms. The van der Waals surface area contributed by atoms with Crippen LogP contribution in [0.25, 0.3) is 0 Å². The highest BCUT2D eigenvalue weighted by atomic mass is 15.2. The van der Waals surface area contributed by atoms with Crippen LogP contribution < -0.4 is 0 Å². The Morgan fingerprint density at radius 2 is 2.00 bits per heavy atom. The molecule has 4 rings (SSSR count). The molecule has 1 saturated carbocycles. The van der Waals surface area contributed by atoms with Gasteiger partial charge in [-0.2, -0.15) is 0 Å². The van der Waals surface area contributed by atoms with E-state index < -0.39 is 0 Å². The number of hydrogen-bond donors (Lipinski definition) is 1. The van der Waals surface area contributed by atoms with Gasteiger partial charge in [0, 0.05) is 31.9 Å². The lowest BCUT2D eigenvalue weighted by molar-refractivity contribution is 0.146. The molecule has 3 aliphatic rings. The summed E-state index contributed by atoms with van der Waals surface area (Å²) in [4.78, 5) is 13.1. The Balaban J connectivity index is 1.38. The van der Waals surface area contributed by atoms with Crippen LogP contribution in [0.2, 0.25) is 0 Å². The minimum Gasteiger partial charge on any atom is -0.348 e. The van der Waals surface area contributed by atoms with Crippen molar-refractivity contribution in [3.63, 3.8) is 0 Å². The number of imidazole rings is 1. The van der Waals surface area contributed by atoms with Crippen molar-refractivity contribution in [1.29, 1.82) is 0 Å². The van der Waals surface area contributed by atoms with E-state index >= 15 is 0 Å². The van der Waals surface area contributed by atoms with Gasteiger partial charge in [0.05, 0.1) is 12.0 Å². The van der Waals surface area contributed by atoms with Crippen LogP contribution in [0.1, 0.15) is 43.5 Å². The zero-order chi connectivity index (χ0) is 14.9. The average molecular weight is 302 g/mol. The highest BCUT2D eigenvalue weighted by Crippen LogP contribution is 2.41. The fourth-order valence-corrected chi connectivity index (χ4v) is 5.10. The van der Waals surface area contributed by atoms with Crippen LogP contribution in [0.15, 0.2) is 6.33 Å².